The van der Waals surface area contributed by atoms with Crippen molar-refractivity contribution in [2.45, 2.75) is 59.4 Å². The molecule has 0 saturated carbocycles. The van der Waals surface area contributed by atoms with E-state index >= 15 is 0 Å². The van der Waals surface area contributed by atoms with Crippen molar-refractivity contribution in [1.29, 1.82) is 0 Å². The summed E-state index contributed by atoms with van der Waals surface area (Å²) in [7, 11) is 1.59. The van der Waals surface area contributed by atoms with Crippen LogP contribution < -0.4 is 9.47 Å². The van der Waals surface area contributed by atoms with Gasteiger partial charge in [0.15, 0.2) is 17.3 Å². The fraction of sp³-hybridized carbons (Fsp3) is 0.452. The molecule has 1 aliphatic rings. The molecule has 214 valence electrons. The number of aromatic nitrogens is 2. The molecule has 0 bridgehead atoms. The second kappa shape index (κ2) is 13.0. The number of amides is 1. The van der Waals surface area contributed by atoms with E-state index < -0.39 is 17.7 Å². The number of pyridine rings is 1. The molecule has 1 fully saturated rings. The fourth-order valence-corrected chi connectivity index (χ4v) is 5.13. The first-order chi connectivity index (χ1) is 19.3. The number of likely N-dealkylation sites (tertiary alicyclic amines) is 1. The minimum atomic E-state index is -0.824. The molecule has 9 nitrogen and oxygen atoms in total. The number of methoxy groups -OCH3 is 1. The van der Waals surface area contributed by atoms with Crippen LogP contribution in [0, 0.1) is 13.8 Å². The predicted octanol–water partition coefficient (Wildman–Crippen LogP) is 5.38. The van der Waals surface area contributed by atoms with Crippen molar-refractivity contribution in [1.82, 2.24) is 14.3 Å². The topological polar surface area (TPSA) is 103 Å². The molecule has 0 spiro atoms. The molecular weight excluding hydrogens is 510 g/mol. The Morgan fingerprint density at radius 1 is 1.02 bits per heavy atom. The number of carbonyl (C=O) groups excluding carboxylic acids is 2. The third-order valence-electron chi connectivity index (χ3n) is 7.18. The molecule has 1 atom stereocenters. The summed E-state index contributed by atoms with van der Waals surface area (Å²) in [5.74, 6) is -0.580. The Kier molecular flexibility index (Phi) is 9.47. The Morgan fingerprint density at radius 2 is 1.82 bits per heavy atom. The smallest absolute Gasteiger partial charge is 0.295 e. The SMILES string of the molecule is CCCCCOc1ccc(C2C(=C(O)c3nc4c(C)cccn4c3C)C(=O)C(=O)N2CCCOC)cc1OCC. The standard InChI is InChI=1S/C31H39N3O6/c1-6-8-9-18-40-23-14-13-22(19-24(23)39-7-2)27-25(29(36)31(37)34(27)16-11-17-38-5)28(35)26-21(4)33-15-10-12-20(3)30(33)32-26/h10,12-15,19,27,35H,6-9,11,16-18H2,1-5H3. The van der Waals surface area contributed by atoms with Crippen molar-refractivity contribution in [3.63, 3.8) is 0 Å². The summed E-state index contributed by atoms with van der Waals surface area (Å²) in [5, 5.41) is 11.6. The molecule has 1 unspecified atom stereocenters. The Balaban J connectivity index is 1.83. The number of nitrogens with zero attached hydrogens (tertiary/aromatic N) is 3. The highest BCUT2D eigenvalue weighted by atomic mass is 16.5. The van der Waals surface area contributed by atoms with Gasteiger partial charge in [0.05, 0.1) is 30.5 Å². The summed E-state index contributed by atoms with van der Waals surface area (Å²) < 4.78 is 19.0. The number of benzene rings is 1. The number of unbranched alkanes of at least 4 members (excludes halogenated alkanes) is 2. The fourth-order valence-electron chi connectivity index (χ4n) is 5.13. The summed E-state index contributed by atoms with van der Waals surface area (Å²) in [4.78, 5) is 33.0. The van der Waals surface area contributed by atoms with Crippen LogP contribution in [0.15, 0.2) is 42.1 Å². The molecule has 1 saturated heterocycles. The molecule has 3 aromatic rings. The summed E-state index contributed by atoms with van der Waals surface area (Å²) in [6.45, 7) is 9.48. The lowest BCUT2D eigenvalue weighted by molar-refractivity contribution is -0.140. The molecule has 9 heteroatoms. The van der Waals surface area contributed by atoms with Crippen molar-refractivity contribution >= 4 is 23.1 Å². The van der Waals surface area contributed by atoms with Crippen molar-refractivity contribution in [2.75, 3.05) is 33.5 Å². The van der Waals surface area contributed by atoms with Crippen LogP contribution in [0.3, 0.4) is 0 Å². The zero-order chi connectivity index (χ0) is 28.8. The van der Waals surface area contributed by atoms with Crippen LogP contribution >= 0.6 is 0 Å². The summed E-state index contributed by atoms with van der Waals surface area (Å²) in [6.07, 6.45) is 5.48. The first kappa shape index (κ1) is 29.1. The molecule has 1 N–H and O–H groups in total. The van der Waals surface area contributed by atoms with Gasteiger partial charge in [-0.1, -0.05) is 31.9 Å². The van der Waals surface area contributed by atoms with Crippen molar-refractivity contribution in [3.05, 3.63) is 64.6 Å². The molecule has 1 amide bonds. The van der Waals surface area contributed by atoms with Crippen LogP contribution in [0.4, 0.5) is 0 Å². The van der Waals surface area contributed by atoms with Gasteiger partial charge >= 0.3 is 0 Å². The van der Waals surface area contributed by atoms with E-state index in [0.717, 1.165) is 24.8 Å². The zero-order valence-corrected chi connectivity index (χ0v) is 24.0. The number of ketones is 1. The van der Waals surface area contributed by atoms with Crippen molar-refractivity contribution < 1.29 is 28.9 Å². The molecule has 40 heavy (non-hydrogen) atoms. The second-order valence-corrected chi connectivity index (χ2v) is 9.96. The highest BCUT2D eigenvalue weighted by Crippen LogP contribution is 2.42. The average molecular weight is 550 g/mol. The van der Waals surface area contributed by atoms with E-state index in [2.05, 4.69) is 11.9 Å². The van der Waals surface area contributed by atoms with Crippen LogP contribution in [0.2, 0.25) is 0 Å². The lowest BCUT2D eigenvalue weighted by Crippen LogP contribution is -2.31. The third-order valence-corrected chi connectivity index (χ3v) is 7.18. The van der Waals surface area contributed by atoms with Crippen molar-refractivity contribution in [2.24, 2.45) is 0 Å². The Bertz CT molecular complexity index is 1410. The largest absolute Gasteiger partial charge is 0.505 e. The third kappa shape index (κ3) is 5.70. The van der Waals surface area contributed by atoms with Gasteiger partial charge in [-0.05, 0) is 62.9 Å². The average Bonchev–Trinajstić information content (AvgIpc) is 3.42. The van der Waals surface area contributed by atoms with Gasteiger partial charge in [-0.2, -0.15) is 0 Å². The molecule has 1 aliphatic heterocycles. The first-order valence-electron chi connectivity index (χ1n) is 13.9. The van der Waals surface area contributed by atoms with E-state index in [4.69, 9.17) is 14.2 Å². The molecule has 0 aliphatic carbocycles. The number of aliphatic hydroxyl groups excluding tert-OH is 1. The maximum atomic E-state index is 13.5. The van der Waals surface area contributed by atoms with Crippen molar-refractivity contribution in [3.8, 4) is 11.5 Å². The van der Waals surface area contributed by atoms with Gasteiger partial charge in [0.25, 0.3) is 11.7 Å². The van der Waals surface area contributed by atoms with E-state index in [1.54, 1.807) is 19.2 Å². The number of aryl methyl sites for hydroxylation is 2. The first-order valence-corrected chi connectivity index (χ1v) is 13.9. The van der Waals surface area contributed by atoms with Gasteiger partial charge in [-0.3, -0.25) is 9.59 Å². The number of ether oxygens (including phenoxy) is 3. The van der Waals surface area contributed by atoms with Crippen LogP contribution in [0.1, 0.15) is 68.1 Å². The summed E-state index contributed by atoms with van der Waals surface area (Å²) in [5.41, 5.74) is 3.19. The highest BCUT2D eigenvalue weighted by molar-refractivity contribution is 6.46. The maximum Gasteiger partial charge on any atom is 0.295 e. The van der Waals surface area contributed by atoms with Crippen LogP contribution in [-0.4, -0.2) is 64.6 Å². The minimum Gasteiger partial charge on any atom is -0.505 e. The Labute approximate surface area is 235 Å². The Hall–Kier alpha value is -3.85. The number of aliphatic hydroxyl groups is 1. The van der Waals surface area contributed by atoms with E-state index in [1.165, 1.54) is 4.90 Å². The molecule has 3 heterocycles. The Morgan fingerprint density at radius 3 is 2.52 bits per heavy atom. The van der Waals surface area contributed by atoms with Gasteiger partial charge < -0.3 is 28.6 Å². The maximum absolute atomic E-state index is 13.5. The summed E-state index contributed by atoms with van der Waals surface area (Å²) >= 11 is 0. The molecule has 1 aromatic carbocycles. The van der Waals surface area contributed by atoms with Gasteiger partial charge in [0.2, 0.25) is 0 Å². The minimum absolute atomic E-state index is 0.00522. The second-order valence-electron chi connectivity index (χ2n) is 9.96. The number of fused-ring (bicyclic) bond motifs is 1. The normalized spacial score (nSPS) is 16.7. The number of Topliss-reactive ketones (excluding diaryl/α,β-unsaturated/α-hetero) is 1. The molecular formula is C31H39N3O6. The number of rotatable bonds is 13. The summed E-state index contributed by atoms with van der Waals surface area (Å²) in [6, 6.07) is 8.44. The molecule has 0 radical (unpaired) electrons. The van der Waals surface area contributed by atoms with Crippen LogP contribution in [0.5, 0.6) is 11.5 Å². The molecule has 2 aromatic heterocycles. The van der Waals surface area contributed by atoms with Gasteiger partial charge in [-0.25, -0.2) is 4.98 Å². The zero-order valence-electron chi connectivity index (χ0n) is 24.0. The van der Waals surface area contributed by atoms with Crippen LogP contribution in [-0.2, 0) is 14.3 Å². The lowest BCUT2D eigenvalue weighted by atomic mass is 9.96. The monoisotopic (exact) mass is 549 g/mol. The lowest BCUT2D eigenvalue weighted by Gasteiger charge is -2.26. The molecule has 4 rings (SSSR count). The van der Waals surface area contributed by atoms with E-state index in [1.807, 2.05) is 49.6 Å². The van der Waals surface area contributed by atoms with Gasteiger partial charge in [0, 0.05) is 26.5 Å². The van der Waals surface area contributed by atoms with E-state index in [9.17, 15) is 14.7 Å². The number of hydrogen-bond donors (Lipinski definition) is 1. The number of carbonyl (C=O) groups is 2. The number of hydrogen-bond acceptors (Lipinski definition) is 7. The number of imidazole rings is 1. The predicted molar refractivity (Wildman–Crippen MR) is 153 cm³/mol. The van der Waals surface area contributed by atoms with E-state index in [0.29, 0.717) is 54.6 Å². The quantitative estimate of drug-likeness (QED) is 0.132. The highest BCUT2D eigenvalue weighted by Gasteiger charge is 2.46. The van der Waals surface area contributed by atoms with Crippen LogP contribution in [0.25, 0.3) is 11.4 Å². The van der Waals surface area contributed by atoms with Gasteiger partial charge in [-0.15, -0.1) is 0 Å². The van der Waals surface area contributed by atoms with E-state index in [-0.39, 0.29) is 23.6 Å². The van der Waals surface area contributed by atoms with Gasteiger partial charge in [0.1, 0.15) is 11.3 Å².